The lowest BCUT2D eigenvalue weighted by Crippen LogP contribution is -1.95. The number of nitrogens with zero attached hydrogens (tertiary/aromatic N) is 2. The fourth-order valence-electron chi connectivity index (χ4n) is 2.06. The fraction of sp³-hybridized carbons (Fsp3) is 0.118. The van der Waals surface area contributed by atoms with Gasteiger partial charge in [-0.1, -0.05) is 11.6 Å². The third-order valence-electron chi connectivity index (χ3n) is 3.21. The summed E-state index contributed by atoms with van der Waals surface area (Å²) in [4.78, 5) is 0. The van der Waals surface area contributed by atoms with Crippen LogP contribution in [0.5, 0.6) is 28.9 Å². The Labute approximate surface area is 138 Å². The Kier molecular flexibility index (Phi) is 4.12. The predicted molar refractivity (Wildman–Crippen MR) is 87.7 cm³/mol. The lowest BCUT2D eigenvalue weighted by molar-refractivity contribution is 0.428. The summed E-state index contributed by atoms with van der Waals surface area (Å²) in [6.45, 7) is 1.82. The van der Waals surface area contributed by atoms with E-state index in [2.05, 4.69) is 5.10 Å². The third kappa shape index (κ3) is 3.40. The van der Waals surface area contributed by atoms with Gasteiger partial charge in [-0.15, -0.1) is 0 Å². The minimum atomic E-state index is 0.199. The largest absolute Gasteiger partial charge is 0.508 e. The lowest BCUT2D eigenvalue weighted by atomic mass is 10.3. The molecule has 0 spiro atoms. The smallest absolute Gasteiger partial charge is 0.236 e. The average Bonchev–Trinajstić information content (AvgIpc) is 2.78. The molecule has 0 saturated heterocycles. The average molecular weight is 331 g/mol. The molecule has 3 aromatic rings. The molecule has 5 nitrogen and oxygen atoms in total. The number of ether oxygens (including phenoxy) is 2. The normalized spacial score (nSPS) is 10.6. The van der Waals surface area contributed by atoms with E-state index in [0.717, 1.165) is 5.69 Å². The van der Waals surface area contributed by atoms with E-state index in [-0.39, 0.29) is 5.75 Å². The van der Waals surface area contributed by atoms with Gasteiger partial charge in [-0.3, -0.25) is 0 Å². The summed E-state index contributed by atoms with van der Waals surface area (Å²) in [5, 5.41) is 14.0. The van der Waals surface area contributed by atoms with Crippen LogP contribution in [-0.2, 0) is 7.05 Å². The van der Waals surface area contributed by atoms with E-state index in [9.17, 15) is 5.11 Å². The number of halogens is 1. The van der Waals surface area contributed by atoms with Gasteiger partial charge in [0.25, 0.3) is 0 Å². The first-order valence-electron chi connectivity index (χ1n) is 6.97. The first-order valence-corrected chi connectivity index (χ1v) is 7.34. The monoisotopic (exact) mass is 330 g/mol. The van der Waals surface area contributed by atoms with Gasteiger partial charge < -0.3 is 14.6 Å². The summed E-state index contributed by atoms with van der Waals surface area (Å²) < 4.78 is 13.0. The Morgan fingerprint density at radius 3 is 1.87 bits per heavy atom. The molecule has 2 aromatic carbocycles. The summed E-state index contributed by atoms with van der Waals surface area (Å²) in [5.74, 6) is 2.63. The highest BCUT2D eigenvalue weighted by molar-refractivity contribution is 6.32. The standard InChI is InChI=1S/C17H15ClN2O3/c1-11-16(18)17(20(2)19-11)23-15-9-7-14(8-10-15)22-13-5-3-12(21)4-6-13/h3-10,21H,1-2H3. The number of hydrogen-bond donors (Lipinski definition) is 1. The molecule has 1 N–H and O–H groups in total. The lowest BCUT2D eigenvalue weighted by Gasteiger charge is -2.08. The van der Waals surface area contributed by atoms with Gasteiger partial charge in [-0.25, -0.2) is 4.68 Å². The van der Waals surface area contributed by atoms with Crippen molar-refractivity contribution in [3.63, 3.8) is 0 Å². The van der Waals surface area contributed by atoms with Crippen molar-refractivity contribution in [1.82, 2.24) is 9.78 Å². The molecule has 1 heterocycles. The van der Waals surface area contributed by atoms with Crippen LogP contribution in [0.2, 0.25) is 5.02 Å². The molecule has 0 bridgehead atoms. The van der Waals surface area contributed by atoms with Crippen LogP contribution >= 0.6 is 11.6 Å². The van der Waals surface area contributed by atoms with Crippen molar-refractivity contribution in [3.8, 4) is 28.9 Å². The van der Waals surface area contributed by atoms with Crippen LogP contribution in [0, 0.1) is 6.92 Å². The van der Waals surface area contributed by atoms with Crippen molar-refractivity contribution in [2.75, 3.05) is 0 Å². The number of hydrogen-bond acceptors (Lipinski definition) is 4. The van der Waals surface area contributed by atoms with Crippen LogP contribution < -0.4 is 9.47 Å². The van der Waals surface area contributed by atoms with Gasteiger partial charge in [0, 0.05) is 7.05 Å². The van der Waals surface area contributed by atoms with Gasteiger partial charge in [0.15, 0.2) is 0 Å². The quantitative estimate of drug-likeness (QED) is 0.755. The Morgan fingerprint density at radius 1 is 0.913 bits per heavy atom. The highest BCUT2D eigenvalue weighted by Crippen LogP contribution is 2.32. The maximum atomic E-state index is 9.26. The molecule has 0 aliphatic heterocycles. The van der Waals surface area contributed by atoms with Crippen LogP contribution in [0.15, 0.2) is 48.5 Å². The molecule has 0 radical (unpaired) electrons. The molecular weight excluding hydrogens is 316 g/mol. The van der Waals surface area contributed by atoms with Gasteiger partial charge in [0.05, 0.1) is 5.69 Å². The molecule has 0 aliphatic carbocycles. The van der Waals surface area contributed by atoms with E-state index >= 15 is 0 Å². The van der Waals surface area contributed by atoms with Crippen molar-refractivity contribution in [3.05, 3.63) is 59.2 Å². The third-order valence-corrected chi connectivity index (χ3v) is 3.65. The number of benzene rings is 2. The first-order chi connectivity index (χ1) is 11.0. The van der Waals surface area contributed by atoms with E-state index < -0.39 is 0 Å². The molecule has 0 fully saturated rings. The number of aryl methyl sites for hydroxylation is 2. The first kappa shape index (κ1) is 15.2. The number of aromatic hydroxyl groups is 1. The van der Waals surface area contributed by atoms with Gasteiger partial charge >= 0.3 is 0 Å². The van der Waals surface area contributed by atoms with E-state index in [1.54, 1.807) is 60.3 Å². The minimum absolute atomic E-state index is 0.199. The highest BCUT2D eigenvalue weighted by Gasteiger charge is 2.13. The van der Waals surface area contributed by atoms with Gasteiger partial charge in [0.1, 0.15) is 28.0 Å². The highest BCUT2D eigenvalue weighted by atomic mass is 35.5. The topological polar surface area (TPSA) is 56.5 Å². The summed E-state index contributed by atoms with van der Waals surface area (Å²) in [6, 6.07) is 13.7. The Bertz CT molecular complexity index is 811. The summed E-state index contributed by atoms with van der Waals surface area (Å²) in [7, 11) is 1.77. The van der Waals surface area contributed by atoms with Crippen LogP contribution in [0.1, 0.15) is 5.69 Å². The second-order valence-electron chi connectivity index (χ2n) is 5.00. The van der Waals surface area contributed by atoms with Crippen molar-refractivity contribution < 1.29 is 14.6 Å². The maximum absolute atomic E-state index is 9.26. The van der Waals surface area contributed by atoms with E-state index in [1.807, 2.05) is 6.92 Å². The van der Waals surface area contributed by atoms with Crippen LogP contribution in [0.3, 0.4) is 0 Å². The van der Waals surface area contributed by atoms with Gasteiger partial charge in [-0.05, 0) is 55.5 Å². The fourth-order valence-corrected chi connectivity index (χ4v) is 2.26. The van der Waals surface area contributed by atoms with Gasteiger partial charge in [-0.2, -0.15) is 5.10 Å². The molecule has 1 aromatic heterocycles. The van der Waals surface area contributed by atoms with Crippen molar-refractivity contribution >= 4 is 11.6 Å². The zero-order valence-corrected chi connectivity index (χ0v) is 13.4. The summed E-state index contributed by atoms with van der Waals surface area (Å²) >= 11 is 6.16. The Hall–Kier alpha value is -2.66. The SMILES string of the molecule is Cc1nn(C)c(Oc2ccc(Oc3ccc(O)cc3)cc2)c1Cl. The molecule has 0 saturated carbocycles. The van der Waals surface area contributed by atoms with Gasteiger partial charge in [0.2, 0.25) is 5.88 Å². The van der Waals surface area contributed by atoms with Crippen molar-refractivity contribution in [1.29, 1.82) is 0 Å². The second-order valence-corrected chi connectivity index (χ2v) is 5.38. The molecule has 0 unspecified atom stereocenters. The van der Waals surface area contributed by atoms with E-state index in [4.69, 9.17) is 21.1 Å². The predicted octanol–water partition coefficient (Wildman–Crippen LogP) is 4.67. The molecule has 0 amide bonds. The zero-order chi connectivity index (χ0) is 16.4. The number of phenols is 1. The molecule has 6 heteroatoms. The Morgan fingerprint density at radius 2 is 1.39 bits per heavy atom. The second kappa shape index (κ2) is 6.22. The summed E-state index contributed by atoms with van der Waals surface area (Å²) in [6.07, 6.45) is 0. The number of aromatic nitrogens is 2. The molecule has 3 rings (SSSR count). The van der Waals surface area contributed by atoms with Crippen LogP contribution in [0.4, 0.5) is 0 Å². The van der Waals surface area contributed by atoms with Crippen molar-refractivity contribution in [2.24, 2.45) is 7.05 Å². The van der Waals surface area contributed by atoms with E-state index in [0.29, 0.717) is 28.2 Å². The number of rotatable bonds is 4. The zero-order valence-electron chi connectivity index (χ0n) is 12.7. The molecule has 0 aliphatic rings. The van der Waals surface area contributed by atoms with Crippen molar-refractivity contribution in [2.45, 2.75) is 6.92 Å². The number of phenolic OH excluding ortho intramolecular Hbond substituents is 1. The molecule has 0 atom stereocenters. The maximum Gasteiger partial charge on any atom is 0.236 e. The van der Waals surface area contributed by atoms with E-state index in [1.165, 1.54) is 0 Å². The Balaban J connectivity index is 1.73. The summed E-state index contributed by atoms with van der Waals surface area (Å²) in [5.41, 5.74) is 0.719. The molecular formula is C17H15ClN2O3. The minimum Gasteiger partial charge on any atom is -0.508 e. The van der Waals surface area contributed by atoms with Crippen LogP contribution in [0.25, 0.3) is 0 Å². The molecule has 118 valence electrons. The molecule has 23 heavy (non-hydrogen) atoms. The van der Waals surface area contributed by atoms with Crippen LogP contribution in [-0.4, -0.2) is 14.9 Å².